The quantitative estimate of drug-likeness (QED) is 0.768. The van der Waals surface area contributed by atoms with Crippen LogP contribution in [-0.2, 0) is 10.0 Å². The molecular formula is C11H20N6O3S. The molecule has 1 aliphatic heterocycles. The fourth-order valence-corrected chi connectivity index (χ4v) is 2.86. The van der Waals surface area contributed by atoms with E-state index in [1.165, 1.54) is 17.7 Å². The van der Waals surface area contributed by atoms with Gasteiger partial charge in [-0.3, -0.25) is 0 Å². The number of anilines is 2. The lowest BCUT2D eigenvalue weighted by Crippen LogP contribution is -2.48. The van der Waals surface area contributed by atoms with Crippen LogP contribution in [-0.4, -0.2) is 73.8 Å². The third-order valence-corrected chi connectivity index (χ3v) is 4.41. The smallest absolute Gasteiger partial charge is 0.322 e. The highest BCUT2D eigenvalue weighted by atomic mass is 32.2. The van der Waals surface area contributed by atoms with Crippen LogP contribution in [0.1, 0.15) is 6.92 Å². The highest BCUT2D eigenvalue weighted by molar-refractivity contribution is 7.88. The van der Waals surface area contributed by atoms with Crippen molar-refractivity contribution in [2.24, 2.45) is 0 Å². The Labute approximate surface area is 124 Å². The Balaban J connectivity index is 2.14. The summed E-state index contributed by atoms with van der Waals surface area (Å²) in [5.74, 6) is 0.941. The van der Waals surface area contributed by atoms with Gasteiger partial charge in [0.2, 0.25) is 21.9 Å². The molecule has 0 amide bonds. The van der Waals surface area contributed by atoms with E-state index in [1.807, 2.05) is 11.8 Å². The van der Waals surface area contributed by atoms with E-state index >= 15 is 0 Å². The fourth-order valence-electron chi connectivity index (χ4n) is 2.04. The van der Waals surface area contributed by atoms with Gasteiger partial charge in [-0.15, -0.1) is 0 Å². The number of hydrogen-bond acceptors (Lipinski definition) is 8. The fraction of sp³-hybridized carbons (Fsp3) is 0.727. The molecule has 2 heterocycles. The lowest BCUT2D eigenvalue weighted by molar-refractivity contribution is 0.370. The van der Waals surface area contributed by atoms with Crippen molar-refractivity contribution in [1.82, 2.24) is 19.3 Å². The molecule has 1 fully saturated rings. The van der Waals surface area contributed by atoms with Gasteiger partial charge in [0.25, 0.3) is 0 Å². The van der Waals surface area contributed by atoms with Crippen molar-refractivity contribution in [3.8, 4) is 6.01 Å². The molecule has 0 radical (unpaired) electrons. The van der Waals surface area contributed by atoms with E-state index in [2.05, 4.69) is 20.3 Å². The van der Waals surface area contributed by atoms with Gasteiger partial charge in [-0.1, -0.05) is 0 Å². The summed E-state index contributed by atoms with van der Waals surface area (Å²) in [6.07, 6.45) is 1.22. The summed E-state index contributed by atoms with van der Waals surface area (Å²) in [6.45, 7) is 4.54. The molecule has 0 bridgehead atoms. The largest absolute Gasteiger partial charge is 0.467 e. The van der Waals surface area contributed by atoms with E-state index in [4.69, 9.17) is 4.74 Å². The van der Waals surface area contributed by atoms with Crippen molar-refractivity contribution in [2.45, 2.75) is 6.92 Å². The Morgan fingerprint density at radius 1 is 1.19 bits per heavy atom. The molecule has 10 heteroatoms. The Bertz CT molecular complexity index is 586. The van der Waals surface area contributed by atoms with Gasteiger partial charge in [-0.2, -0.15) is 19.3 Å². The maximum atomic E-state index is 11.5. The Morgan fingerprint density at radius 3 is 2.38 bits per heavy atom. The molecule has 0 unspecified atom stereocenters. The Morgan fingerprint density at radius 2 is 1.86 bits per heavy atom. The first-order chi connectivity index (χ1) is 9.94. The van der Waals surface area contributed by atoms with Gasteiger partial charge in [0.1, 0.15) is 0 Å². The first-order valence-electron chi connectivity index (χ1n) is 6.68. The van der Waals surface area contributed by atoms with Gasteiger partial charge in [-0.05, 0) is 6.92 Å². The van der Waals surface area contributed by atoms with Crippen molar-refractivity contribution in [2.75, 3.05) is 56.3 Å². The van der Waals surface area contributed by atoms with Crippen LogP contribution in [0.15, 0.2) is 0 Å². The highest BCUT2D eigenvalue weighted by Crippen LogP contribution is 2.17. The molecule has 0 atom stereocenters. The molecule has 1 aromatic heterocycles. The van der Waals surface area contributed by atoms with Crippen molar-refractivity contribution in [1.29, 1.82) is 0 Å². The molecular weight excluding hydrogens is 296 g/mol. The van der Waals surface area contributed by atoms with Crippen LogP contribution < -0.4 is 15.0 Å². The SMILES string of the molecule is CCNc1nc(OC)nc(N2CCN(S(C)(=O)=O)CC2)n1. The van der Waals surface area contributed by atoms with Gasteiger partial charge in [0.15, 0.2) is 0 Å². The Kier molecular flexibility index (Phi) is 4.78. The van der Waals surface area contributed by atoms with E-state index in [0.717, 1.165) is 0 Å². The second-order valence-electron chi connectivity index (χ2n) is 4.63. The van der Waals surface area contributed by atoms with Crippen LogP contribution >= 0.6 is 0 Å². The van der Waals surface area contributed by atoms with E-state index < -0.39 is 10.0 Å². The summed E-state index contributed by atoms with van der Waals surface area (Å²) < 4.78 is 29.5. The molecule has 9 nitrogen and oxygen atoms in total. The minimum atomic E-state index is -3.14. The third kappa shape index (κ3) is 3.91. The van der Waals surface area contributed by atoms with Gasteiger partial charge < -0.3 is 15.0 Å². The van der Waals surface area contributed by atoms with Crippen LogP contribution in [0.5, 0.6) is 6.01 Å². The normalized spacial score (nSPS) is 16.8. The summed E-state index contributed by atoms with van der Waals surface area (Å²) in [4.78, 5) is 14.6. The summed E-state index contributed by atoms with van der Waals surface area (Å²) in [5, 5.41) is 3.02. The zero-order chi connectivity index (χ0) is 15.5. The van der Waals surface area contributed by atoms with Crippen molar-refractivity contribution >= 4 is 21.9 Å². The molecule has 1 saturated heterocycles. The molecule has 1 aromatic rings. The maximum absolute atomic E-state index is 11.5. The number of hydrogen-bond donors (Lipinski definition) is 1. The van der Waals surface area contributed by atoms with Gasteiger partial charge in [0.05, 0.1) is 13.4 Å². The second-order valence-corrected chi connectivity index (χ2v) is 6.61. The molecule has 21 heavy (non-hydrogen) atoms. The molecule has 1 N–H and O–H groups in total. The number of nitrogens with zero attached hydrogens (tertiary/aromatic N) is 5. The van der Waals surface area contributed by atoms with Gasteiger partial charge in [0, 0.05) is 32.7 Å². The maximum Gasteiger partial charge on any atom is 0.322 e. The molecule has 1 aliphatic rings. The van der Waals surface area contributed by atoms with Crippen LogP contribution in [0.3, 0.4) is 0 Å². The summed E-state index contributed by atoms with van der Waals surface area (Å²) in [6, 6.07) is 0.237. The predicted octanol–water partition coefficient (Wildman–Crippen LogP) is -0.606. The van der Waals surface area contributed by atoms with E-state index in [1.54, 1.807) is 0 Å². The number of nitrogens with one attached hydrogen (secondary N) is 1. The first-order valence-corrected chi connectivity index (χ1v) is 8.53. The number of aromatic nitrogens is 3. The average Bonchev–Trinajstić information content (AvgIpc) is 2.46. The van der Waals surface area contributed by atoms with Crippen molar-refractivity contribution < 1.29 is 13.2 Å². The molecule has 0 aliphatic carbocycles. The minimum Gasteiger partial charge on any atom is -0.467 e. The van der Waals surface area contributed by atoms with Gasteiger partial charge in [-0.25, -0.2) is 8.42 Å². The topological polar surface area (TPSA) is 101 Å². The highest BCUT2D eigenvalue weighted by Gasteiger charge is 2.25. The first kappa shape index (κ1) is 15.7. The number of methoxy groups -OCH3 is 1. The van der Waals surface area contributed by atoms with Crippen molar-refractivity contribution in [3.63, 3.8) is 0 Å². The van der Waals surface area contributed by atoms with Crippen LogP contribution in [0.25, 0.3) is 0 Å². The zero-order valence-electron chi connectivity index (χ0n) is 12.4. The molecule has 0 aromatic carbocycles. The average molecular weight is 316 g/mol. The number of ether oxygens (including phenoxy) is 1. The van der Waals surface area contributed by atoms with E-state index in [9.17, 15) is 8.42 Å². The van der Waals surface area contributed by atoms with Crippen LogP contribution in [0.4, 0.5) is 11.9 Å². The zero-order valence-corrected chi connectivity index (χ0v) is 13.2. The van der Waals surface area contributed by atoms with Crippen LogP contribution in [0, 0.1) is 0 Å². The molecule has 118 valence electrons. The molecule has 2 rings (SSSR count). The predicted molar refractivity (Wildman–Crippen MR) is 79.2 cm³/mol. The van der Waals surface area contributed by atoms with Crippen LogP contribution in [0.2, 0.25) is 0 Å². The number of rotatable bonds is 5. The van der Waals surface area contributed by atoms with Gasteiger partial charge >= 0.3 is 6.01 Å². The van der Waals surface area contributed by atoms with Crippen molar-refractivity contribution in [3.05, 3.63) is 0 Å². The number of piperazine rings is 1. The third-order valence-electron chi connectivity index (χ3n) is 3.11. The Hall–Kier alpha value is -1.68. The lowest BCUT2D eigenvalue weighted by atomic mass is 10.4. The number of sulfonamides is 1. The molecule has 0 spiro atoms. The molecule has 0 saturated carbocycles. The summed E-state index contributed by atoms with van der Waals surface area (Å²) in [5.41, 5.74) is 0. The van der Waals surface area contributed by atoms with E-state index in [-0.39, 0.29) is 6.01 Å². The standard InChI is InChI=1S/C11H20N6O3S/c1-4-12-9-13-10(15-11(14-9)20-2)16-5-7-17(8-6-16)21(3,18)19/h4-8H2,1-3H3,(H,12,13,14,15). The monoisotopic (exact) mass is 316 g/mol. The lowest BCUT2D eigenvalue weighted by Gasteiger charge is -2.33. The minimum absolute atomic E-state index is 0.237. The summed E-state index contributed by atoms with van der Waals surface area (Å²) in [7, 11) is -1.65. The summed E-state index contributed by atoms with van der Waals surface area (Å²) >= 11 is 0. The second kappa shape index (κ2) is 6.39. The van der Waals surface area contributed by atoms with E-state index in [0.29, 0.717) is 44.6 Å².